The van der Waals surface area contributed by atoms with Crippen LogP contribution >= 0.6 is 11.3 Å². The van der Waals surface area contributed by atoms with Crippen LogP contribution in [0.4, 0.5) is 17.5 Å². The second kappa shape index (κ2) is 7.57. The number of hydrogen-bond acceptors (Lipinski definition) is 7. The lowest BCUT2D eigenvalue weighted by Crippen LogP contribution is -2.52. The Kier molecular flexibility index (Phi) is 4.69. The predicted octanol–water partition coefficient (Wildman–Crippen LogP) is 4.38. The van der Waals surface area contributed by atoms with Gasteiger partial charge in [-0.25, -0.2) is 4.98 Å². The number of hydrogen-bond donors (Lipinski definition) is 2. The molecular weight excluding hydrogens is 404 g/mol. The Bertz CT molecular complexity index is 1140. The molecule has 0 aliphatic carbocycles. The molecule has 3 aliphatic rings. The zero-order chi connectivity index (χ0) is 20.9. The summed E-state index contributed by atoms with van der Waals surface area (Å²) in [5.74, 6) is 2.32. The number of rotatable bonds is 3. The van der Waals surface area contributed by atoms with Gasteiger partial charge in [-0.2, -0.15) is 4.98 Å². The molecule has 4 atom stereocenters. The smallest absolute Gasteiger partial charge is 0.228 e. The van der Waals surface area contributed by atoms with Crippen LogP contribution in [0.2, 0.25) is 0 Å². The third kappa shape index (κ3) is 3.40. The average molecular weight is 433 g/mol. The minimum atomic E-state index is 0.355. The molecule has 3 aromatic rings. The van der Waals surface area contributed by atoms with E-state index in [4.69, 9.17) is 15.0 Å². The van der Waals surface area contributed by atoms with Crippen molar-refractivity contribution in [1.82, 2.24) is 15.3 Å². The molecule has 7 heteroatoms. The predicted molar refractivity (Wildman–Crippen MR) is 129 cm³/mol. The van der Waals surface area contributed by atoms with Gasteiger partial charge in [0, 0.05) is 43.1 Å². The topological polar surface area (TPSA) is 65.4 Å². The van der Waals surface area contributed by atoms with E-state index in [9.17, 15) is 0 Å². The van der Waals surface area contributed by atoms with Gasteiger partial charge in [0.25, 0.3) is 0 Å². The molecule has 2 aromatic heterocycles. The van der Waals surface area contributed by atoms with Crippen molar-refractivity contribution in [2.75, 3.05) is 23.3 Å². The molecule has 0 amide bonds. The zero-order valence-electron chi connectivity index (χ0n) is 18.0. The third-order valence-corrected chi connectivity index (χ3v) is 8.04. The molecule has 2 N–H and O–H groups in total. The van der Waals surface area contributed by atoms with E-state index in [0.29, 0.717) is 24.0 Å². The number of fused-ring (bicyclic) bond motifs is 4. The van der Waals surface area contributed by atoms with E-state index in [2.05, 4.69) is 59.0 Å². The second-order valence-electron chi connectivity index (χ2n) is 9.20. The fourth-order valence-corrected chi connectivity index (χ4v) is 5.91. The standard InChI is InChI=1S/C24H28N6S/c1-14-9-16-3-4-18(10-17(16)11-26-15(14)2)27-23-22-21(7-8-31-22)28-24(29-23)30-19-5-6-20(30)13-25-12-19/h3-4,7-8,10-11,14-15,19-20,25H,5-6,9,12-13H2,1-2H3,(H,27,28,29)/t14-,15?,19?,20?/m1/s1. The highest BCUT2D eigenvalue weighted by Gasteiger charge is 2.38. The molecule has 3 unspecified atom stereocenters. The van der Waals surface area contributed by atoms with Gasteiger partial charge in [-0.05, 0) is 66.8 Å². The van der Waals surface area contributed by atoms with Crippen LogP contribution in [0.25, 0.3) is 10.2 Å². The summed E-state index contributed by atoms with van der Waals surface area (Å²) in [6.07, 6.45) is 5.54. The molecule has 2 saturated heterocycles. The Balaban J connectivity index is 1.36. The van der Waals surface area contributed by atoms with Crippen molar-refractivity contribution in [3.05, 3.63) is 40.8 Å². The first-order valence-electron chi connectivity index (χ1n) is 11.3. The van der Waals surface area contributed by atoms with E-state index in [1.54, 1.807) is 11.3 Å². The second-order valence-corrected chi connectivity index (χ2v) is 10.1. The van der Waals surface area contributed by atoms with E-state index in [0.717, 1.165) is 47.2 Å². The SMILES string of the molecule is CC1N=Cc2cc(Nc3nc(N4C5CCC4CNC5)nc4ccsc34)ccc2C[C@H]1C. The van der Waals surface area contributed by atoms with Gasteiger partial charge in [0.05, 0.1) is 10.2 Å². The fraction of sp³-hybridized carbons (Fsp3) is 0.458. The first-order valence-corrected chi connectivity index (χ1v) is 12.2. The summed E-state index contributed by atoms with van der Waals surface area (Å²) in [6.45, 7) is 6.52. The maximum Gasteiger partial charge on any atom is 0.228 e. The molecule has 3 aliphatic heterocycles. The van der Waals surface area contributed by atoms with Crippen LogP contribution in [-0.4, -0.2) is 47.4 Å². The van der Waals surface area contributed by atoms with Crippen molar-refractivity contribution in [2.45, 2.75) is 51.2 Å². The van der Waals surface area contributed by atoms with Crippen LogP contribution in [0.3, 0.4) is 0 Å². The van der Waals surface area contributed by atoms with Gasteiger partial charge in [0.1, 0.15) is 0 Å². The summed E-state index contributed by atoms with van der Waals surface area (Å²) >= 11 is 1.69. The van der Waals surface area contributed by atoms with E-state index in [-0.39, 0.29) is 0 Å². The Morgan fingerprint density at radius 2 is 1.94 bits per heavy atom. The molecule has 6 nitrogen and oxygen atoms in total. The van der Waals surface area contributed by atoms with Crippen LogP contribution in [-0.2, 0) is 6.42 Å². The molecule has 0 radical (unpaired) electrons. The molecule has 5 heterocycles. The zero-order valence-corrected chi connectivity index (χ0v) is 18.8. The van der Waals surface area contributed by atoms with Gasteiger partial charge in [-0.1, -0.05) is 13.0 Å². The van der Waals surface area contributed by atoms with Gasteiger partial charge in [0.2, 0.25) is 5.95 Å². The first-order chi connectivity index (χ1) is 15.2. The Hall–Kier alpha value is -2.51. The molecule has 1 aromatic carbocycles. The van der Waals surface area contributed by atoms with Crippen molar-refractivity contribution in [1.29, 1.82) is 0 Å². The lowest BCUT2D eigenvalue weighted by molar-refractivity contribution is 0.477. The summed E-state index contributed by atoms with van der Waals surface area (Å²) in [5.41, 5.74) is 4.65. The van der Waals surface area contributed by atoms with E-state index < -0.39 is 0 Å². The highest BCUT2D eigenvalue weighted by Crippen LogP contribution is 2.35. The number of aliphatic imine (C=N–C) groups is 1. The number of nitrogens with zero attached hydrogens (tertiary/aromatic N) is 4. The third-order valence-electron chi connectivity index (χ3n) is 7.13. The Morgan fingerprint density at radius 1 is 1.10 bits per heavy atom. The highest BCUT2D eigenvalue weighted by molar-refractivity contribution is 7.17. The summed E-state index contributed by atoms with van der Waals surface area (Å²) in [6, 6.07) is 10.1. The van der Waals surface area contributed by atoms with Crippen LogP contribution < -0.4 is 15.5 Å². The molecule has 6 rings (SSSR count). The number of nitrogens with one attached hydrogen (secondary N) is 2. The van der Waals surface area contributed by atoms with Crippen molar-refractivity contribution >= 4 is 45.2 Å². The first kappa shape index (κ1) is 19.2. The molecule has 0 saturated carbocycles. The Morgan fingerprint density at radius 3 is 2.77 bits per heavy atom. The largest absolute Gasteiger partial charge is 0.339 e. The van der Waals surface area contributed by atoms with Gasteiger partial charge >= 0.3 is 0 Å². The Labute approximate surface area is 186 Å². The van der Waals surface area contributed by atoms with Crippen molar-refractivity contribution < 1.29 is 0 Å². The molecule has 0 spiro atoms. The fourth-order valence-electron chi connectivity index (χ4n) is 5.13. The maximum atomic E-state index is 5.04. The van der Waals surface area contributed by atoms with Gasteiger partial charge in [-0.3, -0.25) is 4.99 Å². The van der Waals surface area contributed by atoms with Crippen LogP contribution in [0, 0.1) is 5.92 Å². The summed E-state index contributed by atoms with van der Waals surface area (Å²) in [7, 11) is 0. The normalized spacial score (nSPS) is 27.4. The lowest BCUT2D eigenvalue weighted by Gasteiger charge is -2.35. The number of aromatic nitrogens is 2. The maximum absolute atomic E-state index is 5.04. The van der Waals surface area contributed by atoms with Gasteiger partial charge < -0.3 is 15.5 Å². The lowest BCUT2D eigenvalue weighted by atomic mass is 9.94. The molecule has 2 bridgehead atoms. The number of benzene rings is 1. The molecule has 2 fully saturated rings. The minimum Gasteiger partial charge on any atom is -0.339 e. The molecule has 31 heavy (non-hydrogen) atoms. The quantitative estimate of drug-likeness (QED) is 0.643. The van der Waals surface area contributed by atoms with Crippen LogP contribution in [0.1, 0.15) is 37.8 Å². The van der Waals surface area contributed by atoms with Crippen molar-refractivity contribution in [3.8, 4) is 0 Å². The molecular formula is C24H28N6S. The summed E-state index contributed by atoms with van der Waals surface area (Å²) in [5, 5.41) is 9.27. The van der Waals surface area contributed by atoms with Crippen molar-refractivity contribution in [3.63, 3.8) is 0 Å². The number of thiophene rings is 1. The number of piperazine rings is 1. The minimum absolute atomic E-state index is 0.355. The van der Waals surface area contributed by atoms with Crippen molar-refractivity contribution in [2.24, 2.45) is 10.9 Å². The van der Waals surface area contributed by atoms with E-state index >= 15 is 0 Å². The van der Waals surface area contributed by atoms with Crippen LogP contribution in [0.15, 0.2) is 34.6 Å². The molecule has 160 valence electrons. The summed E-state index contributed by atoms with van der Waals surface area (Å²) < 4.78 is 1.11. The van der Waals surface area contributed by atoms with Gasteiger partial charge in [0.15, 0.2) is 5.82 Å². The van der Waals surface area contributed by atoms with E-state index in [1.807, 2.05) is 6.21 Å². The monoisotopic (exact) mass is 432 g/mol. The number of anilines is 3. The van der Waals surface area contributed by atoms with Gasteiger partial charge in [-0.15, -0.1) is 11.3 Å². The average Bonchev–Trinajstić information content (AvgIpc) is 3.30. The van der Waals surface area contributed by atoms with Crippen LogP contribution in [0.5, 0.6) is 0 Å². The van der Waals surface area contributed by atoms with E-state index in [1.165, 1.54) is 24.0 Å². The summed E-state index contributed by atoms with van der Waals surface area (Å²) in [4.78, 5) is 17.2. The highest BCUT2D eigenvalue weighted by atomic mass is 32.1.